The van der Waals surface area contributed by atoms with Gasteiger partial charge in [-0.2, -0.15) is 13.2 Å². The maximum absolute atomic E-state index is 12.7. The molecule has 37 heavy (non-hydrogen) atoms. The van der Waals surface area contributed by atoms with Gasteiger partial charge in [0.1, 0.15) is 5.97 Å². The average molecular weight is 528 g/mol. The Bertz CT molecular complexity index is 1070. The van der Waals surface area contributed by atoms with Crippen LogP contribution in [-0.4, -0.2) is 96.6 Å². The Morgan fingerprint density at radius 2 is 1.57 bits per heavy atom. The SMILES string of the molecule is Nc1nonc1C(=O)N1CCCN(C(=O)Nc2ccc(N3CC[NH2+]CC3)cc2)CC1.O=C([O-])C(F)(F)F. The molecule has 0 radical (unpaired) electrons. The number of halogens is 3. The van der Waals surface area contributed by atoms with Crippen LogP contribution in [0.4, 0.5) is 35.2 Å². The minimum absolute atomic E-state index is 0.0135. The number of carboxylic acids is 1. The molecule has 2 fully saturated rings. The lowest BCUT2D eigenvalue weighted by Gasteiger charge is -2.27. The molecular weight excluding hydrogens is 501 g/mol. The van der Waals surface area contributed by atoms with Gasteiger partial charge >= 0.3 is 12.2 Å². The number of carbonyl (C=O) groups excluding carboxylic acids is 3. The van der Waals surface area contributed by atoms with Crippen molar-refractivity contribution in [2.24, 2.45) is 0 Å². The van der Waals surface area contributed by atoms with E-state index in [4.69, 9.17) is 15.6 Å². The van der Waals surface area contributed by atoms with E-state index in [-0.39, 0.29) is 23.5 Å². The Morgan fingerprint density at radius 1 is 0.973 bits per heavy atom. The summed E-state index contributed by atoms with van der Waals surface area (Å²) in [5, 5.41) is 21.1. The second-order valence-electron chi connectivity index (χ2n) is 8.25. The van der Waals surface area contributed by atoms with Gasteiger partial charge < -0.3 is 41.0 Å². The number of rotatable bonds is 3. The summed E-state index contributed by atoms with van der Waals surface area (Å²) in [5.41, 5.74) is 7.55. The Morgan fingerprint density at radius 3 is 2.14 bits per heavy atom. The van der Waals surface area contributed by atoms with E-state index in [1.807, 2.05) is 24.3 Å². The Labute approximate surface area is 209 Å². The van der Waals surface area contributed by atoms with Crippen molar-refractivity contribution in [2.75, 3.05) is 68.3 Å². The van der Waals surface area contributed by atoms with E-state index in [2.05, 4.69) is 30.5 Å². The number of nitrogen functional groups attached to an aromatic ring is 1. The van der Waals surface area contributed by atoms with Gasteiger partial charge in [0.25, 0.3) is 5.91 Å². The van der Waals surface area contributed by atoms with Crippen LogP contribution in [0, 0.1) is 0 Å². The highest BCUT2D eigenvalue weighted by Gasteiger charge is 2.29. The van der Waals surface area contributed by atoms with E-state index < -0.39 is 12.1 Å². The molecule has 2 aliphatic heterocycles. The van der Waals surface area contributed by atoms with Crippen LogP contribution in [-0.2, 0) is 4.79 Å². The van der Waals surface area contributed by atoms with Crippen molar-refractivity contribution in [3.63, 3.8) is 0 Å². The number of aromatic nitrogens is 2. The number of piperazine rings is 1. The van der Waals surface area contributed by atoms with E-state index in [0.29, 0.717) is 32.6 Å². The molecule has 0 atom stereocenters. The molecule has 3 amide bonds. The van der Waals surface area contributed by atoms with Crippen LogP contribution in [0.1, 0.15) is 16.9 Å². The van der Waals surface area contributed by atoms with Crippen LogP contribution < -0.4 is 26.4 Å². The third kappa shape index (κ3) is 7.70. The van der Waals surface area contributed by atoms with Gasteiger partial charge in [-0.1, -0.05) is 0 Å². The number of aliphatic carboxylic acids is 1. The molecule has 0 saturated carbocycles. The summed E-state index contributed by atoms with van der Waals surface area (Å²) < 4.78 is 36.1. The predicted octanol–water partition coefficient (Wildman–Crippen LogP) is -1.29. The van der Waals surface area contributed by atoms with E-state index in [1.54, 1.807) is 9.80 Å². The summed E-state index contributed by atoms with van der Waals surface area (Å²) in [6.07, 6.45) is -4.53. The number of nitrogens with zero attached hydrogens (tertiary/aromatic N) is 5. The summed E-state index contributed by atoms with van der Waals surface area (Å²) >= 11 is 0. The van der Waals surface area contributed by atoms with Crippen molar-refractivity contribution in [3.8, 4) is 0 Å². The lowest BCUT2D eigenvalue weighted by Crippen LogP contribution is -2.89. The number of amides is 3. The molecule has 16 heteroatoms. The van der Waals surface area contributed by atoms with E-state index in [1.165, 1.54) is 5.69 Å². The predicted molar refractivity (Wildman–Crippen MR) is 121 cm³/mol. The van der Waals surface area contributed by atoms with Crippen LogP contribution in [0.5, 0.6) is 0 Å². The van der Waals surface area contributed by atoms with Crippen LogP contribution >= 0.6 is 0 Å². The van der Waals surface area contributed by atoms with Crippen molar-refractivity contribution in [2.45, 2.75) is 12.6 Å². The van der Waals surface area contributed by atoms with E-state index in [0.717, 1.165) is 31.9 Å². The van der Waals surface area contributed by atoms with Crippen molar-refractivity contribution >= 4 is 35.1 Å². The largest absolute Gasteiger partial charge is 0.542 e. The molecule has 0 aliphatic carbocycles. The van der Waals surface area contributed by atoms with Gasteiger partial charge in [0.05, 0.1) is 26.2 Å². The molecule has 2 saturated heterocycles. The van der Waals surface area contributed by atoms with Gasteiger partial charge in [0.15, 0.2) is 0 Å². The Hall–Kier alpha value is -4.08. The van der Waals surface area contributed by atoms with Gasteiger partial charge in [0.2, 0.25) is 11.5 Å². The minimum Gasteiger partial charge on any atom is -0.542 e. The van der Waals surface area contributed by atoms with Gasteiger partial charge in [-0.05, 0) is 41.0 Å². The fraction of sp³-hybridized carbons (Fsp3) is 0.476. The zero-order valence-corrected chi connectivity index (χ0v) is 19.7. The number of hydrogen-bond acceptors (Lipinski definition) is 9. The smallest absolute Gasteiger partial charge is 0.430 e. The summed E-state index contributed by atoms with van der Waals surface area (Å²) in [5.74, 6) is -3.36. The van der Waals surface area contributed by atoms with Gasteiger partial charge in [-0.25, -0.2) is 9.42 Å². The highest BCUT2D eigenvalue weighted by Crippen LogP contribution is 2.19. The number of quaternary nitrogens is 1. The maximum atomic E-state index is 12.7. The van der Waals surface area contributed by atoms with Crippen LogP contribution in [0.15, 0.2) is 28.9 Å². The zero-order chi connectivity index (χ0) is 27.0. The second kappa shape index (κ2) is 12.2. The fourth-order valence-electron chi connectivity index (χ4n) is 3.78. The quantitative estimate of drug-likeness (QED) is 0.437. The average Bonchev–Trinajstić information content (AvgIpc) is 3.15. The molecule has 2 aromatic rings. The van der Waals surface area contributed by atoms with E-state index in [9.17, 15) is 22.8 Å². The molecular formula is C21H27F3N8O5. The first kappa shape index (κ1) is 27.5. The summed E-state index contributed by atoms with van der Waals surface area (Å²) in [6, 6.07) is 7.77. The molecule has 0 bridgehead atoms. The van der Waals surface area contributed by atoms with Gasteiger partial charge in [0, 0.05) is 37.6 Å². The summed E-state index contributed by atoms with van der Waals surface area (Å²) in [6.45, 7) is 6.16. The monoisotopic (exact) mass is 528 g/mol. The maximum Gasteiger partial charge on any atom is 0.430 e. The normalized spacial score (nSPS) is 16.4. The molecule has 3 heterocycles. The van der Waals surface area contributed by atoms with Gasteiger partial charge in [-0.3, -0.25) is 4.79 Å². The number of urea groups is 1. The highest BCUT2D eigenvalue weighted by atomic mass is 19.4. The van der Waals surface area contributed by atoms with Crippen molar-refractivity contribution in [1.29, 1.82) is 0 Å². The molecule has 4 rings (SSSR count). The number of hydrogen-bond donors (Lipinski definition) is 3. The highest BCUT2D eigenvalue weighted by molar-refractivity contribution is 5.96. The summed E-state index contributed by atoms with van der Waals surface area (Å²) in [4.78, 5) is 39.7. The standard InChI is InChI=1S/C19H26N8O3.C2HF3O2/c20-17-16(23-30-24-17)18(28)26-8-1-9-27(13-12-26)19(29)22-14-2-4-15(5-3-14)25-10-6-21-7-11-25;3-2(4,5)1(6)7/h2-5,21H,1,6-13H2,(H2,20,24)(H,22,29);(H,6,7). The summed E-state index contributed by atoms with van der Waals surface area (Å²) in [7, 11) is 0. The number of alkyl halides is 3. The fourth-order valence-corrected chi connectivity index (χ4v) is 3.78. The number of anilines is 3. The van der Waals surface area contributed by atoms with Crippen LogP contribution in [0.25, 0.3) is 0 Å². The van der Waals surface area contributed by atoms with Crippen molar-refractivity contribution < 1.29 is 42.6 Å². The van der Waals surface area contributed by atoms with Crippen LogP contribution in [0.3, 0.4) is 0 Å². The zero-order valence-electron chi connectivity index (χ0n) is 19.7. The Balaban J connectivity index is 0.000000479. The third-order valence-corrected chi connectivity index (χ3v) is 5.71. The number of carboxylic acid groups (broad SMARTS) is 1. The van der Waals surface area contributed by atoms with E-state index >= 15 is 0 Å². The molecule has 202 valence electrons. The second-order valence-corrected chi connectivity index (χ2v) is 8.25. The molecule has 5 N–H and O–H groups in total. The molecule has 0 unspecified atom stereocenters. The van der Waals surface area contributed by atoms with Crippen molar-refractivity contribution in [1.82, 2.24) is 20.1 Å². The first-order chi connectivity index (χ1) is 17.6. The molecule has 2 aliphatic rings. The molecule has 1 aromatic carbocycles. The number of benzene rings is 1. The van der Waals surface area contributed by atoms with Gasteiger partial charge in [-0.15, -0.1) is 0 Å². The molecule has 13 nitrogen and oxygen atoms in total. The van der Waals surface area contributed by atoms with Crippen LogP contribution in [0.2, 0.25) is 0 Å². The topological polar surface area (TPSA) is 178 Å². The lowest BCUT2D eigenvalue weighted by atomic mass is 10.2. The van der Waals surface area contributed by atoms with Crippen molar-refractivity contribution in [3.05, 3.63) is 30.0 Å². The molecule has 1 aromatic heterocycles. The first-order valence-corrected chi connectivity index (χ1v) is 11.4. The number of nitrogens with two attached hydrogens (primary N) is 2. The minimum atomic E-state index is -5.19. The number of carbonyl (C=O) groups is 3. The third-order valence-electron chi connectivity index (χ3n) is 5.71. The lowest BCUT2D eigenvalue weighted by molar-refractivity contribution is -0.655. The number of nitrogens with one attached hydrogen (secondary N) is 1. The Kier molecular flexibility index (Phi) is 9.10. The molecule has 0 spiro atoms. The first-order valence-electron chi connectivity index (χ1n) is 11.4.